The van der Waals surface area contributed by atoms with Crippen LogP contribution < -0.4 is 10.1 Å². The number of hydrogen-bond donors (Lipinski definition) is 1. The highest BCUT2D eigenvalue weighted by Crippen LogP contribution is 2.34. The lowest BCUT2D eigenvalue weighted by Crippen LogP contribution is -2.30. The van der Waals surface area contributed by atoms with Gasteiger partial charge in [-0.15, -0.1) is 0 Å². The second-order valence-corrected chi connectivity index (χ2v) is 5.48. The highest BCUT2D eigenvalue weighted by atomic mass is 32.2. The number of carbonyl (C=O) groups is 1. The summed E-state index contributed by atoms with van der Waals surface area (Å²) in [4.78, 5) is 12.1. The van der Waals surface area contributed by atoms with E-state index in [1.165, 1.54) is 0 Å². The zero-order chi connectivity index (χ0) is 13.9. The van der Waals surface area contributed by atoms with E-state index in [1.54, 1.807) is 18.7 Å². The van der Waals surface area contributed by atoms with Crippen LogP contribution in [0.4, 0.5) is 5.88 Å². The summed E-state index contributed by atoms with van der Waals surface area (Å²) in [6, 6.07) is 9.24. The molecule has 1 atom stereocenters. The third-order valence-electron chi connectivity index (χ3n) is 3.02. The normalized spacial score (nSPS) is 14.7. The van der Waals surface area contributed by atoms with Crippen LogP contribution in [-0.2, 0) is 16.3 Å². The number of hydrogen-bond acceptors (Lipinski definition) is 5. The molecule has 20 heavy (non-hydrogen) atoms. The van der Waals surface area contributed by atoms with E-state index in [0.717, 1.165) is 22.8 Å². The molecule has 1 amide bonds. The molecule has 6 heteroatoms. The van der Waals surface area contributed by atoms with Crippen molar-refractivity contribution in [2.45, 2.75) is 24.5 Å². The van der Waals surface area contributed by atoms with Crippen LogP contribution in [0, 0.1) is 0 Å². The Balaban J connectivity index is 1.64. The van der Waals surface area contributed by atoms with Gasteiger partial charge in [0.15, 0.2) is 6.10 Å². The van der Waals surface area contributed by atoms with Crippen LogP contribution in [0.25, 0.3) is 0 Å². The van der Waals surface area contributed by atoms with Gasteiger partial charge in [-0.2, -0.15) is 11.8 Å². The van der Waals surface area contributed by atoms with Crippen molar-refractivity contribution in [2.24, 2.45) is 0 Å². The number of benzene rings is 1. The van der Waals surface area contributed by atoms with Gasteiger partial charge in [0, 0.05) is 11.5 Å². The van der Waals surface area contributed by atoms with E-state index >= 15 is 0 Å². The first-order valence-corrected chi connectivity index (χ1v) is 7.47. The lowest BCUT2D eigenvalue weighted by Gasteiger charge is -2.13. The average Bonchev–Trinajstić information content (AvgIpc) is 3.05. The Bertz CT molecular complexity index is 612. The summed E-state index contributed by atoms with van der Waals surface area (Å²) in [5.74, 6) is 2.52. The predicted octanol–water partition coefficient (Wildman–Crippen LogP) is 2.83. The molecule has 1 aromatic carbocycles. The van der Waals surface area contributed by atoms with E-state index in [0.29, 0.717) is 11.6 Å². The molecule has 2 aromatic rings. The molecular weight excluding hydrogens is 276 g/mol. The summed E-state index contributed by atoms with van der Waals surface area (Å²) in [5, 5.41) is 6.68. The monoisotopic (exact) mass is 290 g/mol. The smallest absolute Gasteiger partial charge is 0.267 e. The molecule has 3 rings (SSSR count). The minimum atomic E-state index is -0.604. The number of fused-ring (bicyclic) bond motifs is 1. The molecule has 0 aliphatic carbocycles. The molecule has 5 nitrogen and oxygen atoms in total. The Hall–Kier alpha value is -1.95. The van der Waals surface area contributed by atoms with Crippen LogP contribution in [0.15, 0.2) is 34.9 Å². The zero-order valence-corrected chi connectivity index (χ0v) is 11.8. The Morgan fingerprint density at radius 1 is 1.40 bits per heavy atom. The average molecular weight is 290 g/mol. The second kappa shape index (κ2) is 5.58. The number of carbonyl (C=O) groups excluding carboxylic acids is 1. The van der Waals surface area contributed by atoms with Gasteiger partial charge in [0.2, 0.25) is 5.88 Å². The van der Waals surface area contributed by atoms with Crippen LogP contribution in [0.3, 0.4) is 0 Å². The molecule has 0 radical (unpaired) electrons. The van der Waals surface area contributed by atoms with E-state index in [2.05, 4.69) is 10.5 Å². The van der Waals surface area contributed by atoms with E-state index in [-0.39, 0.29) is 5.91 Å². The molecule has 1 aliphatic heterocycles. The maximum atomic E-state index is 12.1. The van der Waals surface area contributed by atoms with Gasteiger partial charge < -0.3 is 9.26 Å². The van der Waals surface area contributed by atoms with Crippen molar-refractivity contribution < 1.29 is 14.1 Å². The quantitative estimate of drug-likeness (QED) is 0.938. The van der Waals surface area contributed by atoms with E-state index in [4.69, 9.17) is 9.26 Å². The maximum absolute atomic E-state index is 12.1. The number of thioether (sulfide) groups is 1. The Morgan fingerprint density at radius 3 is 3.00 bits per heavy atom. The van der Waals surface area contributed by atoms with Crippen molar-refractivity contribution in [1.29, 1.82) is 0 Å². The minimum Gasteiger partial charge on any atom is -0.481 e. The zero-order valence-electron chi connectivity index (χ0n) is 11.0. The van der Waals surface area contributed by atoms with E-state index < -0.39 is 6.10 Å². The summed E-state index contributed by atoms with van der Waals surface area (Å²) in [7, 11) is 0. The van der Waals surface area contributed by atoms with Crippen molar-refractivity contribution in [3.63, 3.8) is 0 Å². The topological polar surface area (TPSA) is 64.4 Å². The highest BCUT2D eigenvalue weighted by Gasteiger charge is 2.24. The van der Waals surface area contributed by atoms with Gasteiger partial charge in [0.05, 0.1) is 11.3 Å². The fourth-order valence-electron chi connectivity index (χ4n) is 1.92. The molecule has 1 N–H and O–H groups in total. The maximum Gasteiger partial charge on any atom is 0.267 e. The highest BCUT2D eigenvalue weighted by molar-refractivity contribution is 7.98. The molecule has 0 bridgehead atoms. The van der Waals surface area contributed by atoms with Crippen LogP contribution in [0.5, 0.6) is 5.75 Å². The van der Waals surface area contributed by atoms with Crippen LogP contribution in [-0.4, -0.2) is 17.2 Å². The first kappa shape index (κ1) is 13.1. The van der Waals surface area contributed by atoms with Gasteiger partial charge in [-0.25, -0.2) is 0 Å². The van der Waals surface area contributed by atoms with Crippen molar-refractivity contribution in [2.75, 3.05) is 5.32 Å². The molecule has 0 spiro atoms. The first-order valence-electron chi connectivity index (χ1n) is 6.32. The Morgan fingerprint density at radius 2 is 2.20 bits per heavy atom. The van der Waals surface area contributed by atoms with E-state index in [9.17, 15) is 4.79 Å². The fraction of sp³-hybridized carbons (Fsp3) is 0.286. The van der Waals surface area contributed by atoms with Gasteiger partial charge >= 0.3 is 0 Å². The Kier molecular flexibility index (Phi) is 3.64. The minimum absolute atomic E-state index is 0.246. The summed E-state index contributed by atoms with van der Waals surface area (Å²) < 4.78 is 10.7. The molecule has 2 heterocycles. The van der Waals surface area contributed by atoms with Gasteiger partial charge in [-0.05, 0) is 19.1 Å². The van der Waals surface area contributed by atoms with Crippen molar-refractivity contribution in [1.82, 2.24) is 5.16 Å². The third-order valence-corrected chi connectivity index (χ3v) is 3.99. The third kappa shape index (κ3) is 2.65. The number of aromatic nitrogens is 1. The summed E-state index contributed by atoms with van der Waals surface area (Å²) >= 11 is 1.76. The number of rotatable bonds is 4. The number of nitrogens with zero attached hydrogens (tertiary/aromatic N) is 1. The van der Waals surface area contributed by atoms with Crippen LogP contribution in [0.2, 0.25) is 0 Å². The molecular formula is C14H14N2O3S. The number of ether oxygens (including phenoxy) is 1. The van der Waals surface area contributed by atoms with Gasteiger partial charge in [-0.3, -0.25) is 10.1 Å². The van der Waals surface area contributed by atoms with Gasteiger partial charge in [0.1, 0.15) is 5.75 Å². The number of amides is 1. The molecule has 0 fully saturated rings. The largest absolute Gasteiger partial charge is 0.481 e. The summed E-state index contributed by atoms with van der Waals surface area (Å²) in [6.07, 6.45) is -0.604. The number of nitrogens with one attached hydrogen (secondary N) is 1. The fourth-order valence-corrected chi connectivity index (χ4v) is 2.95. The molecule has 1 unspecified atom stereocenters. The molecule has 104 valence electrons. The van der Waals surface area contributed by atoms with Crippen molar-refractivity contribution in [3.8, 4) is 5.75 Å². The lowest BCUT2D eigenvalue weighted by molar-refractivity contribution is -0.122. The van der Waals surface area contributed by atoms with Gasteiger partial charge in [0.25, 0.3) is 5.91 Å². The van der Waals surface area contributed by atoms with E-state index in [1.807, 2.05) is 30.3 Å². The summed E-state index contributed by atoms with van der Waals surface area (Å²) in [6.45, 7) is 1.70. The second-order valence-electron chi connectivity index (χ2n) is 4.49. The molecule has 1 aromatic heterocycles. The van der Waals surface area contributed by atoms with Crippen LogP contribution >= 0.6 is 11.8 Å². The number of anilines is 1. The lowest BCUT2D eigenvalue weighted by atomic mass is 10.2. The number of para-hydroxylation sites is 1. The molecule has 0 saturated heterocycles. The SMILES string of the molecule is CC(Oc1ccccc1)C(=O)Nc1onc2c1CSC2. The van der Waals surface area contributed by atoms with Crippen molar-refractivity contribution in [3.05, 3.63) is 41.6 Å². The standard InChI is InChI=1S/C14H14N2O3S/c1-9(18-10-5-3-2-4-6-10)13(17)15-14-11-7-20-8-12(11)16-19-14/h2-6,9H,7-8H2,1H3,(H,15,17). The molecule has 0 saturated carbocycles. The summed E-state index contributed by atoms with van der Waals surface area (Å²) in [5.41, 5.74) is 1.90. The predicted molar refractivity (Wildman–Crippen MR) is 76.7 cm³/mol. The van der Waals surface area contributed by atoms with Gasteiger partial charge in [-0.1, -0.05) is 23.4 Å². The van der Waals surface area contributed by atoms with Crippen LogP contribution in [0.1, 0.15) is 18.2 Å². The first-order chi connectivity index (χ1) is 9.74. The Labute approximate surface area is 120 Å². The van der Waals surface area contributed by atoms with Crippen molar-refractivity contribution >= 4 is 23.6 Å². The molecule has 1 aliphatic rings.